The molecular weight excluding hydrogens is 731 g/mol. The molecule has 1 aromatic heterocycles. The third-order valence-corrected chi connectivity index (χ3v) is 9.56. The molecule has 1 heterocycles. The van der Waals surface area contributed by atoms with Gasteiger partial charge in [0, 0.05) is 17.7 Å². The minimum absolute atomic E-state index is 0.00307. The van der Waals surface area contributed by atoms with Gasteiger partial charge in [-0.1, -0.05) is 71.7 Å². The maximum absolute atomic E-state index is 11.9. The highest BCUT2D eigenvalue weighted by molar-refractivity contribution is 6.36. The molecule has 1 aliphatic rings. The second kappa shape index (κ2) is 17.1. The van der Waals surface area contributed by atoms with Gasteiger partial charge in [-0.2, -0.15) is 15.5 Å². The molecule has 2 N–H and O–H groups in total. The van der Waals surface area contributed by atoms with Crippen LogP contribution in [-0.4, -0.2) is 58.8 Å². The first-order valence-corrected chi connectivity index (χ1v) is 17.6. The average molecular weight is 764 g/mol. The van der Waals surface area contributed by atoms with Crippen LogP contribution >= 0.6 is 23.2 Å². The van der Waals surface area contributed by atoms with Gasteiger partial charge in [0.15, 0.2) is 6.29 Å². The topological polar surface area (TPSA) is 166 Å². The zero-order chi connectivity index (χ0) is 38.2. The number of aromatic nitrogens is 1. The van der Waals surface area contributed by atoms with Crippen LogP contribution in [-0.2, 0) is 13.0 Å². The number of aliphatic hydroxyl groups excluding tert-OH is 1. The summed E-state index contributed by atoms with van der Waals surface area (Å²) < 4.78 is 18.0. The lowest BCUT2D eigenvalue weighted by Gasteiger charge is -2.18. The molecule has 0 spiro atoms. The Bertz CT molecular complexity index is 2250. The molecule has 0 saturated heterocycles. The Kier molecular flexibility index (Phi) is 12.0. The minimum atomic E-state index is -1.12. The van der Waals surface area contributed by atoms with Gasteiger partial charge in [-0.05, 0) is 77.1 Å². The molecule has 0 fully saturated rings. The molecular formula is C41H32Cl2N4O7. The van der Waals surface area contributed by atoms with E-state index in [1.807, 2.05) is 60.7 Å². The van der Waals surface area contributed by atoms with Crippen LogP contribution in [0.3, 0.4) is 0 Å². The number of aldehydes is 1. The SMILES string of the molecule is N#Cc1cc(C#N)cc(COc2nc(OC3CCc4c(-c5cccc(-c6ccc(OCCN(CCO)C(=O)O)cc6)c5Cl)cccc43)c(Cl)cc2C=O)c1. The number of nitrogens with zero attached hydrogens (tertiary/aromatic N) is 4. The Labute approximate surface area is 321 Å². The number of amides is 1. The molecule has 0 saturated carbocycles. The standard InChI is InChI=1S/C41H32Cl2N4O7/c42-36-20-29(23-49)39(53-24-27-18-25(21-44)17-26(19-27)22-45)46-40(36)54-37-12-11-33-32(4-2-5-34(33)37)35-6-1-3-31(38(35)43)28-7-9-30(10-8-28)52-16-14-47(13-15-48)41(50)51/h1-10,17-20,23,37,48H,11-16,24H2,(H,50,51). The van der Waals surface area contributed by atoms with E-state index >= 15 is 0 Å². The van der Waals surface area contributed by atoms with E-state index in [0.29, 0.717) is 46.6 Å². The van der Waals surface area contributed by atoms with E-state index in [1.54, 1.807) is 24.3 Å². The Morgan fingerprint density at radius 3 is 2.30 bits per heavy atom. The second-order valence-electron chi connectivity index (χ2n) is 12.3. The van der Waals surface area contributed by atoms with Gasteiger partial charge in [-0.15, -0.1) is 0 Å². The van der Waals surface area contributed by atoms with Crippen molar-refractivity contribution in [3.8, 4) is 51.9 Å². The maximum atomic E-state index is 11.9. The number of hydrogen-bond donors (Lipinski definition) is 2. The molecule has 4 aromatic carbocycles. The zero-order valence-electron chi connectivity index (χ0n) is 28.7. The average Bonchev–Trinajstić information content (AvgIpc) is 3.60. The molecule has 5 aromatic rings. The van der Waals surface area contributed by atoms with Crippen molar-refractivity contribution in [2.24, 2.45) is 0 Å². The largest absolute Gasteiger partial charge is 0.492 e. The molecule has 1 amide bonds. The van der Waals surface area contributed by atoms with Crippen LogP contribution in [0.25, 0.3) is 22.3 Å². The smallest absolute Gasteiger partial charge is 0.407 e. The van der Waals surface area contributed by atoms with Crippen LogP contribution in [0.5, 0.6) is 17.5 Å². The van der Waals surface area contributed by atoms with Crippen LogP contribution in [0.1, 0.15) is 50.7 Å². The first-order valence-electron chi connectivity index (χ1n) is 16.8. The molecule has 54 heavy (non-hydrogen) atoms. The lowest BCUT2D eigenvalue weighted by molar-refractivity contribution is 0.111. The van der Waals surface area contributed by atoms with E-state index in [0.717, 1.165) is 38.3 Å². The van der Waals surface area contributed by atoms with Gasteiger partial charge in [0.25, 0.3) is 0 Å². The highest BCUT2D eigenvalue weighted by atomic mass is 35.5. The fourth-order valence-electron chi connectivity index (χ4n) is 6.33. The Morgan fingerprint density at radius 1 is 0.907 bits per heavy atom. The summed E-state index contributed by atoms with van der Waals surface area (Å²) in [6.07, 6.45) is 0.402. The lowest BCUT2D eigenvalue weighted by atomic mass is 9.94. The van der Waals surface area contributed by atoms with E-state index in [-0.39, 0.29) is 55.3 Å². The number of rotatable bonds is 14. The molecule has 0 radical (unpaired) electrons. The number of nitriles is 2. The van der Waals surface area contributed by atoms with Gasteiger partial charge in [0.2, 0.25) is 11.8 Å². The molecule has 6 rings (SSSR count). The fraction of sp³-hybridized carbons (Fsp3) is 0.195. The molecule has 11 nitrogen and oxygen atoms in total. The van der Waals surface area contributed by atoms with Gasteiger partial charge in [0.05, 0.1) is 47.0 Å². The molecule has 0 bridgehead atoms. The molecule has 1 aliphatic carbocycles. The number of halogens is 2. The molecule has 1 atom stereocenters. The van der Waals surface area contributed by atoms with Crippen molar-refractivity contribution in [1.82, 2.24) is 9.88 Å². The Morgan fingerprint density at radius 2 is 1.61 bits per heavy atom. The van der Waals surface area contributed by atoms with Crippen molar-refractivity contribution in [3.05, 3.63) is 128 Å². The van der Waals surface area contributed by atoms with Crippen molar-refractivity contribution in [1.29, 1.82) is 10.5 Å². The van der Waals surface area contributed by atoms with Crippen LogP contribution in [0.15, 0.2) is 84.9 Å². The van der Waals surface area contributed by atoms with Crippen molar-refractivity contribution in [2.75, 3.05) is 26.3 Å². The minimum Gasteiger partial charge on any atom is -0.492 e. The number of fused-ring (bicyclic) bond motifs is 1. The quantitative estimate of drug-likeness (QED) is 0.105. The van der Waals surface area contributed by atoms with Gasteiger partial charge in [0.1, 0.15) is 30.1 Å². The van der Waals surface area contributed by atoms with Gasteiger partial charge < -0.3 is 29.3 Å². The summed E-state index contributed by atoms with van der Waals surface area (Å²) in [6, 6.07) is 29.3. The van der Waals surface area contributed by atoms with E-state index in [9.17, 15) is 25.2 Å². The summed E-state index contributed by atoms with van der Waals surface area (Å²) >= 11 is 13.6. The number of pyridine rings is 1. The van der Waals surface area contributed by atoms with Crippen molar-refractivity contribution in [3.63, 3.8) is 0 Å². The maximum Gasteiger partial charge on any atom is 0.407 e. The van der Waals surface area contributed by atoms with Gasteiger partial charge in [-0.3, -0.25) is 4.79 Å². The van der Waals surface area contributed by atoms with Crippen LogP contribution in [0.2, 0.25) is 10.0 Å². The summed E-state index contributed by atoms with van der Waals surface area (Å²) in [7, 11) is 0. The first kappa shape index (κ1) is 37.6. The highest BCUT2D eigenvalue weighted by Crippen LogP contribution is 2.44. The summed E-state index contributed by atoms with van der Waals surface area (Å²) in [5.74, 6) is 0.671. The van der Waals surface area contributed by atoms with Gasteiger partial charge in [-0.25, -0.2) is 4.79 Å². The van der Waals surface area contributed by atoms with Crippen LogP contribution in [0.4, 0.5) is 4.79 Å². The summed E-state index contributed by atoms with van der Waals surface area (Å²) in [6.45, 7) is -0.0459. The van der Waals surface area contributed by atoms with Crippen molar-refractivity contribution in [2.45, 2.75) is 25.6 Å². The predicted molar refractivity (Wildman–Crippen MR) is 201 cm³/mol. The van der Waals surface area contributed by atoms with Crippen molar-refractivity contribution >= 4 is 35.6 Å². The number of hydrogen-bond acceptors (Lipinski definition) is 9. The van der Waals surface area contributed by atoms with E-state index in [2.05, 4.69) is 4.98 Å². The molecule has 272 valence electrons. The number of benzene rings is 4. The summed E-state index contributed by atoms with van der Waals surface area (Å²) in [4.78, 5) is 28.7. The third kappa shape index (κ3) is 8.41. The normalized spacial score (nSPS) is 12.9. The van der Waals surface area contributed by atoms with Crippen LogP contribution in [0, 0.1) is 22.7 Å². The Balaban J connectivity index is 1.19. The lowest BCUT2D eigenvalue weighted by Crippen LogP contribution is -2.35. The van der Waals surface area contributed by atoms with Gasteiger partial charge >= 0.3 is 6.09 Å². The highest BCUT2D eigenvalue weighted by Gasteiger charge is 2.29. The Hall–Kier alpha value is -6.11. The fourth-order valence-corrected chi connectivity index (χ4v) is 6.87. The molecule has 0 aliphatic heterocycles. The number of carbonyl (C=O) groups excluding carboxylic acids is 1. The summed E-state index contributed by atoms with van der Waals surface area (Å²) in [5, 5.41) is 37.7. The predicted octanol–water partition coefficient (Wildman–Crippen LogP) is 8.27. The number of carboxylic acid groups (broad SMARTS) is 1. The monoisotopic (exact) mass is 762 g/mol. The van der Waals surface area contributed by atoms with Crippen molar-refractivity contribution < 1.29 is 34.0 Å². The van der Waals surface area contributed by atoms with E-state index in [4.69, 9.17) is 42.5 Å². The number of carbonyl (C=O) groups is 2. The number of aliphatic hydroxyl groups is 1. The summed E-state index contributed by atoms with van der Waals surface area (Å²) in [5.41, 5.74) is 6.84. The second-order valence-corrected chi connectivity index (χ2v) is 13.1. The molecule has 13 heteroatoms. The van der Waals surface area contributed by atoms with E-state index in [1.165, 1.54) is 12.1 Å². The van der Waals surface area contributed by atoms with Crippen LogP contribution < -0.4 is 14.2 Å². The van der Waals surface area contributed by atoms with E-state index < -0.39 is 12.2 Å². The zero-order valence-corrected chi connectivity index (χ0v) is 30.2. The first-order chi connectivity index (χ1) is 26.2. The third-order valence-electron chi connectivity index (χ3n) is 8.88. The molecule has 1 unspecified atom stereocenters. The number of ether oxygens (including phenoxy) is 3.